The van der Waals surface area contributed by atoms with E-state index >= 15 is 0 Å². The Morgan fingerprint density at radius 3 is 2.53 bits per heavy atom. The van der Waals surface area contributed by atoms with Gasteiger partial charge in [-0.05, 0) is 48.9 Å². The Balaban J connectivity index is 1.83. The zero-order chi connectivity index (χ0) is 13.5. The van der Waals surface area contributed by atoms with Gasteiger partial charge in [0.1, 0.15) is 0 Å². The number of hydrogen-bond donors (Lipinski definition) is 2. The number of benzene rings is 1. The Bertz CT molecular complexity index is 577. The van der Waals surface area contributed by atoms with Gasteiger partial charge in [0.25, 0.3) is 0 Å². The molecule has 0 bridgehead atoms. The van der Waals surface area contributed by atoms with Gasteiger partial charge >= 0.3 is 0 Å². The summed E-state index contributed by atoms with van der Waals surface area (Å²) in [6.45, 7) is 0. The highest BCUT2D eigenvalue weighted by atomic mass is 32.2. The van der Waals surface area contributed by atoms with E-state index in [1.807, 2.05) is 6.07 Å². The lowest BCUT2D eigenvalue weighted by Gasteiger charge is -2.13. The number of nitrogens with one attached hydrogen (secondary N) is 1. The fourth-order valence-electron chi connectivity index (χ4n) is 3.13. The molecule has 0 heterocycles. The van der Waals surface area contributed by atoms with E-state index in [1.165, 1.54) is 5.56 Å². The van der Waals surface area contributed by atoms with Gasteiger partial charge in [-0.15, -0.1) is 0 Å². The maximum atomic E-state index is 12.3. The van der Waals surface area contributed by atoms with Gasteiger partial charge in [0.2, 0.25) is 10.0 Å². The molecule has 2 aliphatic carbocycles. The van der Waals surface area contributed by atoms with Crippen molar-refractivity contribution < 1.29 is 8.42 Å². The Kier molecular flexibility index (Phi) is 3.37. The van der Waals surface area contributed by atoms with Gasteiger partial charge in [-0.25, -0.2) is 13.1 Å². The molecule has 3 rings (SSSR count). The van der Waals surface area contributed by atoms with Crippen molar-refractivity contribution in [2.75, 3.05) is 0 Å². The second kappa shape index (κ2) is 4.89. The lowest BCUT2D eigenvalue weighted by Crippen LogP contribution is -2.32. The van der Waals surface area contributed by atoms with Crippen molar-refractivity contribution in [2.24, 2.45) is 5.73 Å². The summed E-state index contributed by atoms with van der Waals surface area (Å²) >= 11 is 0. The van der Waals surface area contributed by atoms with Crippen LogP contribution in [0.5, 0.6) is 0 Å². The van der Waals surface area contributed by atoms with Gasteiger partial charge in [-0.3, -0.25) is 0 Å². The molecule has 2 aliphatic rings. The van der Waals surface area contributed by atoms with Crippen LogP contribution >= 0.6 is 0 Å². The normalized spacial score (nSPS) is 23.7. The minimum Gasteiger partial charge on any atom is -0.327 e. The van der Waals surface area contributed by atoms with Gasteiger partial charge < -0.3 is 5.73 Å². The molecule has 0 aromatic heterocycles. The van der Waals surface area contributed by atoms with Gasteiger partial charge in [0, 0.05) is 12.1 Å². The zero-order valence-corrected chi connectivity index (χ0v) is 11.7. The maximum absolute atomic E-state index is 12.3. The van der Waals surface area contributed by atoms with Crippen molar-refractivity contribution in [3.8, 4) is 0 Å². The van der Waals surface area contributed by atoms with Crippen molar-refractivity contribution in [1.29, 1.82) is 0 Å². The quantitative estimate of drug-likeness (QED) is 0.877. The number of fused-ring (bicyclic) bond motifs is 1. The number of sulfonamides is 1. The molecule has 3 N–H and O–H groups in total. The number of hydrogen-bond acceptors (Lipinski definition) is 3. The number of rotatable bonds is 3. The maximum Gasteiger partial charge on any atom is 0.240 e. The molecule has 1 aromatic carbocycles. The van der Waals surface area contributed by atoms with Gasteiger partial charge in [-0.1, -0.05) is 18.9 Å². The third kappa shape index (κ3) is 2.68. The molecule has 0 spiro atoms. The summed E-state index contributed by atoms with van der Waals surface area (Å²) in [5.41, 5.74) is 8.18. The first-order chi connectivity index (χ1) is 9.04. The van der Waals surface area contributed by atoms with Crippen molar-refractivity contribution in [3.63, 3.8) is 0 Å². The fraction of sp³-hybridized carbons (Fsp3) is 0.571. The second-order valence-corrected chi connectivity index (χ2v) is 7.42. The lowest BCUT2D eigenvalue weighted by atomic mass is 10.1. The van der Waals surface area contributed by atoms with Gasteiger partial charge in [0.15, 0.2) is 0 Å². The van der Waals surface area contributed by atoms with Gasteiger partial charge in [0.05, 0.1) is 4.90 Å². The SMILES string of the molecule is N[C@@H]1Cc2ccc(S(=O)(=O)NC3CCCC3)cc2C1. The monoisotopic (exact) mass is 280 g/mol. The van der Waals surface area contributed by atoms with E-state index in [0.717, 1.165) is 44.1 Å². The first-order valence-corrected chi connectivity index (χ1v) is 8.42. The topological polar surface area (TPSA) is 72.2 Å². The third-order valence-corrected chi connectivity index (χ3v) is 5.65. The summed E-state index contributed by atoms with van der Waals surface area (Å²) in [6, 6.07) is 5.65. The molecule has 104 valence electrons. The molecule has 0 unspecified atom stereocenters. The minimum atomic E-state index is -3.37. The van der Waals surface area contributed by atoms with Crippen LogP contribution in [0.4, 0.5) is 0 Å². The Morgan fingerprint density at radius 2 is 1.79 bits per heavy atom. The summed E-state index contributed by atoms with van der Waals surface area (Å²) in [4.78, 5) is 0.382. The van der Waals surface area contributed by atoms with Crippen molar-refractivity contribution in [1.82, 2.24) is 4.72 Å². The van der Waals surface area contributed by atoms with Crippen LogP contribution in [-0.2, 0) is 22.9 Å². The largest absolute Gasteiger partial charge is 0.327 e. The second-order valence-electron chi connectivity index (χ2n) is 5.70. The molecule has 5 heteroatoms. The van der Waals surface area contributed by atoms with Crippen LogP contribution in [0.25, 0.3) is 0 Å². The Hall–Kier alpha value is -0.910. The van der Waals surface area contributed by atoms with Crippen LogP contribution in [0.15, 0.2) is 23.1 Å². The average Bonchev–Trinajstić information content (AvgIpc) is 2.95. The molecule has 0 aliphatic heterocycles. The highest BCUT2D eigenvalue weighted by Crippen LogP contribution is 2.25. The number of nitrogens with two attached hydrogens (primary N) is 1. The molecule has 4 nitrogen and oxygen atoms in total. The van der Waals surface area contributed by atoms with E-state index < -0.39 is 10.0 Å². The average molecular weight is 280 g/mol. The van der Waals surface area contributed by atoms with E-state index in [-0.39, 0.29) is 12.1 Å². The molecule has 1 fully saturated rings. The van der Waals surface area contributed by atoms with E-state index in [4.69, 9.17) is 5.73 Å². The van der Waals surface area contributed by atoms with Crippen LogP contribution in [0, 0.1) is 0 Å². The van der Waals surface area contributed by atoms with Crippen LogP contribution in [0.2, 0.25) is 0 Å². The molecular weight excluding hydrogens is 260 g/mol. The predicted octanol–water partition coefficient (Wildman–Crippen LogP) is 1.33. The van der Waals surface area contributed by atoms with Gasteiger partial charge in [-0.2, -0.15) is 0 Å². The third-order valence-electron chi connectivity index (χ3n) is 4.13. The molecule has 1 aromatic rings. The Labute approximate surface area is 114 Å². The predicted molar refractivity (Wildman–Crippen MR) is 74.4 cm³/mol. The summed E-state index contributed by atoms with van der Waals surface area (Å²) < 4.78 is 27.5. The van der Waals surface area contributed by atoms with Crippen molar-refractivity contribution in [2.45, 2.75) is 55.5 Å². The van der Waals surface area contributed by atoms with E-state index in [9.17, 15) is 8.42 Å². The van der Waals surface area contributed by atoms with E-state index in [1.54, 1.807) is 12.1 Å². The standard InChI is InChI=1S/C14H20N2O2S/c15-12-7-10-5-6-14(9-11(10)8-12)19(17,18)16-13-3-1-2-4-13/h5-6,9,12-13,16H,1-4,7-8,15H2/t12-/m1/s1. The summed E-state index contributed by atoms with van der Waals surface area (Å²) in [5.74, 6) is 0. The lowest BCUT2D eigenvalue weighted by molar-refractivity contribution is 0.552. The zero-order valence-electron chi connectivity index (χ0n) is 10.9. The molecule has 0 amide bonds. The van der Waals surface area contributed by atoms with Crippen LogP contribution in [0.1, 0.15) is 36.8 Å². The molecule has 1 atom stereocenters. The molecular formula is C14H20N2O2S. The summed E-state index contributed by atoms with van der Waals surface area (Å²) in [6.07, 6.45) is 5.77. The first kappa shape index (κ1) is 13.1. The van der Waals surface area contributed by atoms with E-state index in [0.29, 0.717) is 4.90 Å². The van der Waals surface area contributed by atoms with Crippen LogP contribution in [0.3, 0.4) is 0 Å². The molecule has 0 radical (unpaired) electrons. The van der Waals surface area contributed by atoms with Crippen molar-refractivity contribution in [3.05, 3.63) is 29.3 Å². The molecule has 19 heavy (non-hydrogen) atoms. The highest BCUT2D eigenvalue weighted by Gasteiger charge is 2.25. The molecule has 0 saturated heterocycles. The van der Waals surface area contributed by atoms with Crippen molar-refractivity contribution >= 4 is 10.0 Å². The fourth-order valence-corrected chi connectivity index (χ4v) is 4.48. The van der Waals surface area contributed by atoms with Crippen LogP contribution < -0.4 is 10.5 Å². The summed E-state index contributed by atoms with van der Waals surface area (Å²) in [7, 11) is -3.37. The smallest absolute Gasteiger partial charge is 0.240 e. The highest BCUT2D eigenvalue weighted by molar-refractivity contribution is 7.89. The minimum absolute atomic E-state index is 0.112. The summed E-state index contributed by atoms with van der Waals surface area (Å²) in [5, 5.41) is 0. The molecule has 1 saturated carbocycles. The van der Waals surface area contributed by atoms with E-state index in [2.05, 4.69) is 4.72 Å². The van der Waals surface area contributed by atoms with Crippen LogP contribution in [-0.4, -0.2) is 20.5 Å². The first-order valence-electron chi connectivity index (χ1n) is 6.94. The Morgan fingerprint density at radius 1 is 1.11 bits per heavy atom.